The first-order valence-electron chi connectivity index (χ1n) is 5.23. The van der Waals surface area contributed by atoms with Crippen LogP contribution >= 0.6 is 0 Å². The molecule has 2 heteroatoms. The van der Waals surface area contributed by atoms with Gasteiger partial charge in [0.2, 0.25) is 0 Å². The van der Waals surface area contributed by atoms with Gasteiger partial charge in [-0.2, -0.15) is 0 Å². The van der Waals surface area contributed by atoms with Crippen LogP contribution in [0, 0.1) is 5.92 Å². The summed E-state index contributed by atoms with van der Waals surface area (Å²) in [6.45, 7) is 0.356. The fourth-order valence-electron chi connectivity index (χ4n) is 1.28. The van der Waals surface area contributed by atoms with E-state index >= 15 is 0 Å². The molecule has 15 heavy (non-hydrogen) atoms. The van der Waals surface area contributed by atoms with Gasteiger partial charge in [-0.3, -0.25) is 0 Å². The molecule has 0 aliphatic heterocycles. The molecule has 0 radical (unpaired) electrons. The maximum atomic E-state index is 11.2. The third kappa shape index (κ3) is 3.58. The van der Waals surface area contributed by atoms with Crippen molar-refractivity contribution in [1.29, 1.82) is 0 Å². The number of hydrogen-bond acceptors (Lipinski definition) is 2. The molecule has 1 saturated carbocycles. The van der Waals surface area contributed by atoms with Gasteiger partial charge in [0.25, 0.3) is 0 Å². The fourth-order valence-corrected chi connectivity index (χ4v) is 1.28. The predicted octanol–water partition coefficient (Wildman–Crippen LogP) is 2.70. The number of allylic oxidation sites excluding steroid dienone is 1. The molecule has 0 amide bonds. The van der Waals surface area contributed by atoms with E-state index in [9.17, 15) is 4.79 Å². The van der Waals surface area contributed by atoms with Crippen molar-refractivity contribution in [3.63, 3.8) is 0 Å². The van der Waals surface area contributed by atoms with Crippen LogP contribution in [-0.2, 0) is 16.1 Å². The summed E-state index contributed by atoms with van der Waals surface area (Å²) >= 11 is 0. The van der Waals surface area contributed by atoms with Crippen LogP contribution in [-0.4, -0.2) is 5.97 Å². The number of ether oxygens (including phenoxy) is 1. The average molecular weight is 202 g/mol. The SMILES string of the molecule is O=C(/C=C\C1CC1)OCc1ccccc1. The van der Waals surface area contributed by atoms with Crippen LogP contribution in [0.3, 0.4) is 0 Å². The molecule has 0 N–H and O–H groups in total. The third-order valence-corrected chi connectivity index (χ3v) is 2.35. The van der Waals surface area contributed by atoms with Crippen molar-refractivity contribution in [3.8, 4) is 0 Å². The predicted molar refractivity (Wildman–Crippen MR) is 58.1 cm³/mol. The van der Waals surface area contributed by atoms with Crippen molar-refractivity contribution in [2.45, 2.75) is 19.4 Å². The number of rotatable bonds is 4. The summed E-state index contributed by atoms with van der Waals surface area (Å²) in [5, 5.41) is 0. The summed E-state index contributed by atoms with van der Waals surface area (Å²) in [5.74, 6) is 0.375. The summed E-state index contributed by atoms with van der Waals surface area (Å²) < 4.78 is 5.08. The van der Waals surface area contributed by atoms with E-state index in [1.165, 1.54) is 12.8 Å². The Morgan fingerprint density at radius 2 is 2.07 bits per heavy atom. The Kier molecular flexibility index (Phi) is 3.18. The van der Waals surface area contributed by atoms with Gasteiger partial charge in [0.15, 0.2) is 0 Å². The lowest BCUT2D eigenvalue weighted by molar-refractivity contribution is -0.139. The highest BCUT2D eigenvalue weighted by molar-refractivity contribution is 5.81. The maximum Gasteiger partial charge on any atom is 0.330 e. The molecule has 0 unspecified atom stereocenters. The molecular formula is C13H14O2. The number of benzene rings is 1. The molecule has 0 atom stereocenters. The van der Waals surface area contributed by atoms with Crippen LogP contribution in [0.1, 0.15) is 18.4 Å². The lowest BCUT2D eigenvalue weighted by atomic mass is 10.2. The minimum atomic E-state index is -0.245. The number of carbonyl (C=O) groups excluding carboxylic acids is 1. The average Bonchev–Trinajstić information content (AvgIpc) is 3.09. The molecule has 0 heterocycles. The third-order valence-electron chi connectivity index (χ3n) is 2.35. The molecule has 1 aliphatic carbocycles. The number of hydrogen-bond donors (Lipinski definition) is 0. The van der Waals surface area contributed by atoms with Crippen molar-refractivity contribution >= 4 is 5.97 Å². The summed E-state index contributed by atoms with van der Waals surface area (Å²) in [7, 11) is 0. The van der Waals surface area contributed by atoms with E-state index in [2.05, 4.69) is 0 Å². The maximum absolute atomic E-state index is 11.2. The van der Waals surface area contributed by atoms with Crippen LogP contribution < -0.4 is 0 Å². The van der Waals surface area contributed by atoms with E-state index in [0.717, 1.165) is 5.56 Å². The van der Waals surface area contributed by atoms with Gasteiger partial charge >= 0.3 is 5.97 Å². The highest BCUT2D eigenvalue weighted by Gasteiger charge is 2.17. The zero-order valence-electron chi connectivity index (χ0n) is 8.56. The summed E-state index contributed by atoms with van der Waals surface area (Å²) in [5.41, 5.74) is 1.02. The molecule has 2 nitrogen and oxygen atoms in total. The van der Waals surface area contributed by atoms with Crippen LogP contribution in [0.2, 0.25) is 0 Å². The second-order valence-corrected chi connectivity index (χ2v) is 3.79. The van der Waals surface area contributed by atoms with E-state index in [0.29, 0.717) is 12.5 Å². The molecule has 1 aliphatic rings. The molecular weight excluding hydrogens is 188 g/mol. The smallest absolute Gasteiger partial charge is 0.330 e. The quantitative estimate of drug-likeness (QED) is 0.554. The zero-order valence-corrected chi connectivity index (χ0v) is 8.56. The standard InChI is InChI=1S/C13H14O2/c14-13(9-8-11-6-7-11)15-10-12-4-2-1-3-5-12/h1-5,8-9,11H,6-7,10H2/b9-8-. The lowest BCUT2D eigenvalue weighted by Gasteiger charge is -2.01. The van der Waals surface area contributed by atoms with Crippen molar-refractivity contribution in [1.82, 2.24) is 0 Å². The van der Waals surface area contributed by atoms with Crippen LogP contribution in [0.15, 0.2) is 42.5 Å². The first-order valence-corrected chi connectivity index (χ1v) is 5.23. The molecule has 0 saturated heterocycles. The summed E-state index contributed by atoms with van der Waals surface area (Å²) in [4.78, 5) is 11.2. The van der Waals surface area contributed by atoms with E-state index in [-0.39, 0.29) is 5.97 Å². The van der Waals surface area contributed by atoms with Crippen LogP contribution in [0.4, 0.5) is 0 Å². The molecule has 78 valence electrons. The van der Waals surface area contributed by atoms with Crippen molar-refractivity contribution in [2.75, 3.05) is 0 Å². The van der Waals surface area contributed by atoms with Gasteiger partial charge < -0.3 is 4.74 Å². The molecule has 1 aromatic carbocycles. The first-order chi connectivity index (χ1) is 7.34. The van der Waals surface area contributed by atoms with Gasteiger partial charge in [0.1, 0.15) is 6.61 Å². The molecule has 2 rings (SSSR count). The van der Waals surface area contributed by atoms with E-state index in [1.54, 1.807) is 6.08 Å². The van der Waals surface area contributed by atoms with Gasteiger partial charge in [-0.15, -0.1) is 0 Å². The van der Waals surface area contributed by atoms with Crippen LogP contribution in [0.25, 0.3) is 0 Å². The van der Waals surface area contributed by atoms with E-state index in [1.807, 2.05) is 36.4 Å². The Bertz CT molecular complexity index is 350. The van der Waals surface area contributed by atoms with Crippen molar-refractivity contribution in [2.24, 2.45) is 5.92 Å². The Hall–Kier alpha value is -1.57. The highest BCUT2D eigenvalue weighted by Crippen LogP contribution is 2.29. The number of carbonyl (C=O) groups is 1. The Labute approximate surface area is 89.6 Å². The molecule has 0 aromatic heterocycles. The zero-order chi connectivity index (χ0) is 10.5. The topological polar surface area (TPSA) is 26.3 Å². The molecule has 1 fully saturated rings. The van der Waals surface area contributed by atoms with Crippen molar-refractivity contribution in [3.05, 3.63) is 48.0 Å². The second kappa shape index (κ2) is 4.78. The van der Waals surface area contributed by atoms with Gasteiger partial charge in [0, 0.05) is 6.08 Å². The molecule has 0 spiro atoms. The van der Waals surface area contributed by atoms with Gasteiger partial charge in [-0.25, -0.2) is 4.79 Å². The second-order valence-electron chi connectivity index (χ2n) is 3.79. The van der Waals surface area contributed by atoms with Crippen molar-refractivity contribution < 1.29 is 9.53 Å². The van der Waals surface area contributed by atoms with Crippen LogP contribution in [0.5, 0.6) is 0 Å². The van der Waals surface area contributed by atoms with Gasteiger partial charge in [-0.05, 0) is 24.3 Å². The van der Waals surface area contributed by atoms with E-state index in [4.69, 9.17) is 4.74 Å². The largest absolute Gasteiger partial charge is 0.458 e. The first kappa shape index (κ1) is 9.97. The monoisotopic (exact) mass is 202 g/mol. The Morgan fingerprint density at radius 3 is 2.73 bits per heavy atom. The van der Waals surface area contributed by atoms with E-state index < -0.39 is 0 Å². The highest BCUT2D eigenvalue weighted by atomic mass is 16.5. The fraction of sp³-hybridized carbons (Fsp3) is 0.308. The molecule has 0 bridgehead atoms. The summed E-state index contributed by atoms with van der Waals surface area (Å²) in [6.07, 6.45) is 5.90. The Morgan fingerprint density at radius 1 is 1.33 bits per heavy atom. The lowest BCUT2D eigenvalue weighted by Crippen LogP contribution is -2.00. The Balaban J connectivity index is 1.75. The molecule has 1 aromatic rings. The van der Waals surface area contributed by atoms with Gasteiger partial charge in [0.05, 0.1) is 0 Å². The minimum absolute atomic E-state index is 0.245. The van der Waals surface area contributed by atoms with Gasteiger partial charge in [-0.1, -0.05) is 36.4 Å². The summed E-state index contributed by atoms with van der Waals surface area (Å²) in [6, 6.07) is 9.69. The minimum Gasteiger partial charge on any atom is -0.458 e. The normalized spacial score (nSPS) is 15.5. The number of esters is 1.